The van der Waals surface area contributed by atoms with Crippen molar-refractivity contribution < 1.29 is 4.74 Å². The standard InChI is InChI=1S/C18H27NO/c1-2-8-15(9-3-1)18(20-17-11-4-5-12-17)14-16-10-6-7-13-19-16/h1-3,8-9,16-19H,4-7,10-14H2. The smallest absolute Gasteiger partial charge is 0.0843 e. The van der Waals surface area contributed by atoms with Crippen LogP contribution in [0.1, 0.15) is 63.0 Å². The van der Waals surface area contributed by atoms with Gasteiger partial charge in [-0.05, 0) is 44.2 Å². The monoisotopic (exact) mass is 273 g/mol. The van der Waals surface area contributed by atoms with Crippen LogP contribution in [-0.2, 0) is 4.74 Å². The van der Waals surface area contributed by atoms with Gasteiger partial charge in [-0.25, -0.2) is 0 Å². The zero-order valence-electron chi connectivity index (χ0n) is 12.4. The Balaban J connectivity index is 1.65. The summed E-state index contributed by atoms with van der Waals surface area (Å²) in [6, 6.07) is 11.4. The number of ether oxygens (including phenoxy) is 1. The molecule has 3 rings (SSSR count). The highest BCUT2D eigenvalue weighted by molar-refractivity contribution is 5.18. The van der Waals surface area contributed by atoms with Gasteiger partial charge in [0.05, 0.1) is 12.2 Å². The minimum atomic E-state index is 0.273. The topological polar surface area (TPSA) is 21.3 Å². The minimum Gasteiger partial charge on any atom is -0.370 e. The molecule has 110 valence electrons. The Kier molecular flexibility index (Phi) is 5.10. The predicted molar refractivity (Wildman–Crippen MR) is 82.8 cm³/mol. The van der Waals surface area contributed by atoms with Gasteiger partial charge < -0.3 is 10.1 Å². The molecule has 1 saturated heterocycles. The van der Waals surface area contributed by atoms with Crippen molar-refractivity contribution in [3.05, 3.63) is 35.9 Å². The van der Waals surface area contributed by atoms with Gasteiger partial charge >= 0.3 is 0 Å². The van der Waals surface area contributed by atoms with E-state index in [1.165, 1.54) is 57.1 Å². The number of benzene rings is 1. The fraction of sp³-hybridized carbons (Fsp3) is 0.667. The number of nitrogens with one attached hydrogen (secondary N) is 1. The second kappa shape index (κ2) is 7.24. The van der Waals surface area contributed by atoms with Crippen LogP contribution in [0, 0.1) is 0 Å². The van der Waals surface area contributed by atoms with Crippen LogP contribution in [-0.4, -0.2) is 18.7 Å². The van der Waals surface area contributed by atoms with Crippen molar-refractivity contribution in [3.8, 4) is 0 Å². The molecule has 20 heavy (non-hydrogen) atoms. The Morgan fingerprint density at radius 2 is 1.75 bits per heavy atom. The molecule has 0 bridgehead atoms. The van der Waals surface area contributed by atoms with Crippen molar-refractivity contribution in [1.82, 2.24) is 5.32 Å². The summed E-state index contributed by atoms with van der Waals surface area (Å²) in [4.78, 5) is 0. The second-order valence-electron chi connectivity index (χ2n) is 6.32. The maximum Gasteiger partial charge on any atom is 0.0843 e. The summed E-state index contributed by atoms with van der Waals surface area (Å²) in [7, 11) is 0. The summed E-state index contributed by atoms with van der Waals surface area (Å²) in [5.41, 5.74) is 1.35. The summed E-state index contributed by atoms with van der Waals surface area (Å²) in [5, 5.41) is 3.66. The summed E-state index contributed by atoms with van der Waals surface area (Å²) in [5.74, 6) is 0. The van der Waals surface area contributed by atoms with Gasteiger partial charge in [0.2, 0.25) is 0 Å². The fourth-order valence-corrected chi connectivity index (χ4v) is 3.58. The Morgan fingerprint density at radius 3 is 2.45 bits per heavy atom. The molecule has 2 fully saturated rings. The van der Waals surface area contributed by atoms with E-state index in [9.17, 15) is 0 Å². The Hall–Kier alpha value is -0.860. The first kappa shape index (κ1) is 14.1. The maximum atomic E-state index is 6.46. The summed E-state index contributed by atoms with van der Waals surface area (Å²) < 4.78 is 6.46. The molecule has 0 aromatic heterocycles. The predicted octanol–water partition coefficient (Wildman–Crippen LogP) is 4.22. The van der Waals surface area contributed by atoms with Gasteiger partial charge in [-0.3, -0.25) is 0 Å². The molecule has 1 aliphatic carbocycles. The highest BCUT2D eigenvalue weighted by Gasteiger charge is 2.25. The molecule has 1 N–H and O–H groups in total. The van der Waals surface area contributed by atoms with E-state index in [1.807, 2.05) is 0 Å². The van der Waals surface area contributed by atoms with Gasteiger partial charge in [0, 0.05) is 6.04 Å². The Labute approximate surface area is 122 Å². The van der Waals surface area contributed by atoms with Crippen LogP contribution < -0.4 is 5.32 Å². The number of hydrogen-bond donors (Lipinski definition) is 1. The number of hydrogen-bond acceptors (Lipinski definition) is 2. The number of piperidine rings is 1. The van der Waals surface area contributed by atoms with Crippen LogP contribution in [0.5, 0.6) is 0 Å². The third kappa shape index (κ3) is 3.83. The lowest BCUT2D eigenvalue weighted by Crippen LogP contribution is -2.36. The van der Waals surface area contributed by atoms with Crippen molar-refractivity contribution in [3.63, 3.8) is 0 Å². The second-order valence-corrected chi connectivity index (χ2v) is 6.32. The number of rotatable bonds is 5. The third-order valence-electron chi connectivity index (χ3n) is 4.74. The van der Waals surface area contributed by atoms with Gasteiger partial charge in [-0.1, -0.05) is 49.6 Å². The highest BCUT2D eigenvalue weighted by Crippen LogP contribution is 2.31. The molecular formula is C18H27NO. The van der Waals surface area contributed by atoms with Crippen molar-refractivity contribution >= 4 is 0 Å². The van der Waals surface area contributed by atoms with E-state index in [1.54, 1.807) is 0 Å². The van der Waals surface area contributed by atoms with Crippen LogP contribution in [0.4, 0.5) is 0 Å². The van der Waals surface area contributed by atoms with E-state index in [0.717, 1.165) is 6.42 Å². The molecule has 1 saturated carbocycles. The average Bonchev–Trinajstić information content (AvgIpc) is 3.02. The van der Waals surface area contributed by atoms with Crippen molar-refractivity contribution in [2.24, 2.45) is 0 Å². The summed E-state index contributed by atoms with van der Waals surface area (Å²) in [6.07, 6.45) is 11.1. The summed E-state index contributed by atoms with van der Waals surface area (Å²) >= 11 is 0. The molecule has 2 aliphatic rings. The van der Waals surface area contributed by atoms with Crippen LogP contribution in [0.15, 0.2) is 30.3 Å². The molecule has 1 heterocycles. The maximum absolute atomic E-state index is 6.46. The molecule has 2 heteroatoms. The molecular weight excluding hydrogens is 246 g/mol. The quantitative estimate of drug-likeness (QED) is 0.867. The van der Waals surface area contributed by atoms with E-state index in [0.29, 0.717) is 12.1 Å². The molecule has 0 radical (unpaired) electrons. The first-order valence-electron chi connectivity index (χ1n) is 8.35. The van der Waals surface area contributed by atoms with E-state index >= 15 is 0 Å². The first-order valence-corrected chi connectivity index (χ1v) is 8.35. The van der Waals surface area contributed by atoms with Crippen LogP contribution in [0.25, 0.3) is 0 Å². The molecule has 1 aromatic rings. The SMILES string of the molecule is c1ccc(C(CC2CCCCN2)OC2CCCC2)cc1. The van der Waals surface area contributed by atoms with E-state index in [4.69, 9.17) is 4.74 Å². The zero-order valence-corrected chi connectivity index (χ0v) is 12.4. The Morgan fingerprint density at radius 1 is 1.00 bits per heavy atom. The van der Waals surface area contributed by atoms with Crippen molar-refractivity contribution in [2.45, 2.75) is 69.6 Å². The molecule has 1 aliphatic heterocycles. The molecule has 0 amide bonds. The molecule has 2 nitrogen and oxygen atoms in total. The lowest BCUT2D eigenvalue weighted by Gasteiger charge is -2.29. The normalized spacial score (nSPS) is 25.7. The van der Waals surface area contributed by atoms with Crippen LogP contribution in [0.2, 0.25) is 0 Å². The molecule has 2 atom stereocenters. The third-order valence-corrected chi connectivity index (χ3v) is 4.74. The van der Waals surface area contributed by atoms with Crippen LogP contribution in [0.3, 0.4) is 0 Å². The fourth-order valence-electron chi connectivity index (χ4n) is 3.58. The largest absolute Gasteiger partial charge is 0.370 e. The Bertz CT molecular complexity index is 380. The lowest BCUT2D eigenvalue weighted by atomic mass is 9.95. The van der Waals surface area contributed by atoms with E-state index in [2.05, 4.69) is 35.6 Å². The van der Waals surface area contributed by atoms with Gasteiger partial charge in [0.25, 0.3) is 0 Å². The summed E-state index contributed by atoms with van der Waals surface area (Å²) in [6.45, 7) is 1.18. The molecule has 0 spiro atoms. The van der Waals surface area contributed by atoms with Gasteiger partial charge in [-0.2, -0.15) is 0 Å². The van der Waals surface area contributed by atoms with Crippen molar-refractivity contribution in [1.29, 1.82) is 0 Å². The highest BCUT2D eigenvalue weighted by atomic mass is 16.5. The van der Waals surface area contributed by atoms with Crippen molar-refractivity contribution in [2.75, 3.05) is 6.54 Å². The molecule has 2 unspecified atom stereocenters. The lowest BCUT2D eigenvalue weighted by molar-refractivity contribution is -0.0201. The van der Waals surface area contributed by atoms with E-state index in [-0.39, 0.29) is 6.10 Å². The van der Waals surface area contributed by atoms with Crippen LogP contribution >= 0.6 is 0 Å². The first-order chi connectivity index (χ1) is 9.92. The van der Waals surface area contributed by atoms with Gasteiger partial charge in [0.1, 0.15) is 0 Å². The minimum absolute atomic E-state index is 0.273. The van der Waals surface area contributed by atoms with Gasteiger partial charge in [-0.15, -0.1) is 0 Å². The average molecular weight is 273 g/mol. The zero-order chi connectivity index (χ0) is 13.6. The molecule has 1 aromatic carbocycles. The van der Waals surface area contributed by atoms with Gasteiger partial charge in [0.15, 0.2) is 0 Å². The van der Waals surface area contributed by atoms with E-state index < -0.39 is 0 Å².